The maximum absolute atomic E-state index is 12.3. The number of ether oxygens (including phenoxy) is 1. The predicted molar refractivity (Wildman–Crippen MR) is 86.4 cm³/mol. The minimum absolute atomic E-state index is 0.0182. The van der Waals surface area contributed by atoms with Gasteiger partial charge in [-0.3, -0.25) is 9.59 Å². The second-order valence-electron chi connectivity index (χ2n) is 5.93. The summed E-state index contributed by atoms with van der Waals surface area (Å²) >= 11 is 0. The number of anilines is 1. The first-order valence-corrected chi connectivity index (χ1v) is 8.07. The number of nitrogens with zero attached hydrogens (tertiary/aromatic N) is 2. The summed E-state index contributed by atoms with van der Waals surface area (Å²) < 4.78 is 42.4. The Morgan fingerprint density at radius 2 is 2.04 bits per heavy atom. The van der Waals surface area contributed by atoms with Gasteiger partial charge in [-0.25, -0.2) is 0 Å². The Kier molecular flexibility index (Phi) is 5.92. The molecule has 1 unspecified atom stereocenters. The Morgan fingerprint density at radius 3 is 2.68 bits per heavy atom. The van der Waals surface area contributed by atoms with Crippen LogP contribution >= 0.6 is 0 Å². The zero-order valence-electron chi connectivity index (χ0n) is 14.2. The molecule has 0 aromatic heterocycles. The van der Waals surface area contributed by atoms with Crippen molar-refractivity contribution in [2.24, 2.45) is 5.92 Å². The third-order valence-electron chi connectivity index (χ3n) is 4.04. The SMILES string of the molecule is CCOc1ccccc1N1CC(C(=O)N(C)CCC(F)(F)F)CC1=O. The fourth-order valence-electron chi connectivity index (χ4n) is 2.78. The number of hydrogen-bond acceptors (Lipinski definition) is 3. The number of halogens is 3. The van der Waals surface area contributed by atoms with Crippen molar-refractivity contribution >= 4 is 17.5 Å². The van der Waals surface area contributed by atoms with Gasteiger partial charge >= 0.3 is 6.18 Å². The van der Waals surface area contributed by atoms with Crippen LogP contribution in [0.1, 0.15) is 19.8 Å². The summed E-state index contributed by atoms with van der Waals surface area (Å²) in [6, 6.07) is 7.00. The Bertz CT molecular complexity index is 634. The van der Waals surface area contributed by atoms with E-state index in [1.807, 2.05) is 6.92 Å². The van der Waals surface area contributed by atoms with Gasteiger partial charge in [0.15, 0.2) is 0 Å². The fourth-order valence-corrected chi connectivity index (χ4v) is 2.78. The molecule has 138 valence electrons. The predicted octanol–water partition coefficient (Wildman–Crippen LogP) is 2.85. The lowest BCUT2D eigenvalue weighted by atomic mass is 10.1. The molecule has 1 heterocycles. The molecule has 1 saturated heterocycles. The molecule has 0 aliphatic carbocycles. The summed E-state index contributed by atoms with van der Waals surface area (Å²) in [5.74, 6) is -0.805. The molecule has 0 N–H and O–H groups in total. The molecule has 1 aliphatic rings. The molecule has 1 aliphatic heterocycles. The molecule has 1 fully saturated rings. The Morgan fingerprint density at radius 1 is 1.36 bits per heavy atom. The van der Waals surface area contributed by atoms with Gasteiger partial charge in [0.25, 0.3) is 0 Å². The molecule has 0 spiro atoms. The minimum Gasteiger partial charge on any atom is -0.492 e. The van der Waals surface area contributed by atoms with Crippen molar-refractivity contribution in [2.75, 3.05) is 31.6 Å². The molecule has 8 heteroatoms. The van der Waals surface area contributed by atoms with Crippen molar-refractivity contribution in [3.05, 3.63) is 24.3 Å². The Hall–Kier alpha value is -2.25. The summed E-state index contributed by atoms with van der Waals surface area (Å²) in [7, 11) is 1.33. The highest BCUT2D eigenvalue weighted by atomic mass is 19.4. The van der Waals surface area contributed by atoms with Gasteiger partial charge < -0.3 is 14.5 Å². The summed E-state index contributed by atoms with van der Waals surface area (Å²) in [5.41, 5.74) is 0.572. The zero-order chi connectivity index (χ0) is 18.6. The van der Waals surface area contributed by atoms with Crippen LogP contribution in [-0.2, 0) is 9.59 Å². The first kappa shape index (κ1) is 19.1. The number of rotatable bonds is 6. The lowest BCUT2D eigenvalue weighted by Gasteiger charge is -2.23. The van der Waals surface area contributed by atoms with E-state index >= 15 is 0 Å². The average molecular weight is 358 g/mol. The molecule has 2 amide bonds. The molecule has 5 nitrogen and oxygen atoms in total. The second-order valence-corrected chi connectivity index (χ2v) is 5.93. The van der Waals surface area contributed by atoms with Gasteiger partial charge in [0.2, 0.25) is 11.8 Å². The monoisotopic (exact) mass is 358 g/mol. The van der Waals surface area contributed by atoms with Gasteiger partial charge in [0.1, 0.15) is 5.75 Å². The molecule has 1 atom stereocenters. The fraction of sp³-hybridized carbons (Fsp3) is 0.529. The molecule has 0 bridgehead atoms. The molecular weight excluding hydrogens is 337 g/mol. The molecule has 1 aromatic rings. The number of hydrogen-bond donors (Lipinski definition) is 0. The number of alkyl halides is 3. The van der Waals surface area contributed by atoms with E-state index < -0.39 is 31.0 Å². The number of para-hydroxylation sites is 2. The smallest absolute Gasteiger partial charge is 0.390 e. The van der Waals surface area contributed by atoms with Crippen LogP contribution < -0.4 is 9.64 Å². The van der Waals surface area contributed by atoms with Gasteiger partial charge in [-0.2, -0.15) is 13.2 Å². The molecule has 2 rings (SSSR count). The van der Waals surface area contributed by atoms with Gasteiger partial charge in [-0.1, -0.05) is 12.1 Å². The molecule has 0 saturated carbocycles. The highest BCUT2D eigenvalue weighted by Gasteiger charge is 2.38. The lowest BCUT2D eigenvalue weighted by Crippen LogP contribution is -2.36. The van der Waals surface area contributed by atoms with Crippen LogP contribution in [0.5, 0.6) is 5.75 Å². The van der Waals surface area contributed by atoms with Gasteiger partial charge in [-0.05, 0) is 19.1 Å². The maximum Gasteiger partial charge on any atom is 0.390 e. The number of carbonyl (C=O) groups excluding carboxylic acids is 2. The van der Waals surface area contributed by atoms with Crippen LogP contribution in [0.15, 0.2) is 24.3 Å². The number of carbonyl (C=O) groups is 2. The van der Waals surface area contributed by atoms with Crippen molar-refractivity contribution in [1.82, 2.24) is 4.90 Å². The first-order chi connectivity index (χ1) is 11.7. The van der Waals surface area contributed by atoms with Crippen molar-refractivity contribution in [2.45, 2.75) is 25.9 Å². The van der Waals surface area contributed by atoms with Gasteiger partial charge in [0, 0.05) is 26.6 Å². The first-order valence-electron chi connectivity index (χ1n) is 8.07. The number of benzene rings is 1. The highest BCUT2D eigenvalue weighted by Crippen LogP contribution is 2.33. The van der Waals surface area contributed by atoms with E-state index in [1.54, 1.807) is 24.3 Å². The van der Waals surface area contributed by atoms with Crippen molar-refractivity contribution < 1.29 is 27.5 Å². The van der Waals surface area contributed by atoms with Crippen LogP contribution in [0.2, 0.25) is 0 Å². The van der Waals surface area contributed by atoms with E-state index in [0.29, 0.717) is 18.0 Å². The van der Waals surface area contributed by atoms with E-state index in [9.17, 15) is 22.8 Å². The van der Waals surface area contributed by atoms with Crippen molar-refractivity contribution in [1.29, 1.82) is 0 Å². The number of amides is 2. The summed E-state index contributed by atoms with van der Waals surface area (Å²) in [5, 5.41) is 0. The van der Waals surface area contributed by atoms with E-state index in [4.69, 9.17) is 4.74 Å². The van der Waals surface area contributed by atoms with E-state index in [2.05, 4.69) is 0 Å². The van der Waals surface area contributed by atoms with Crippen molar-refractivity contribution in [3.8, 4) is 5.75 Å². The van der Waals surface area contributed by atoms with Crippen LogP contribution in [0.25, 0.3) is 0 Å². The quantitative estimate of drug-likeness (QED) is 0.786. The van der Waals surface area contributed by atoms with Crippen molar-refractivity contribution in [3.63, 3.8) is 0 Å². The van der Waals surface area contributed by atoms with E-state index in [-0.39, 0.29) is 18.9 Å². The molecule has 1 aromatic carbocycles. The average Bonchev–Trinajstić information content (AvgIpc) is 2.93. The molecule has 25 heavy (non-hydrogen) atoms. The van der Waals surface area contributed by atoms with Crippen LogP contribution in [0.3, 0.4) is 0 Å². The summed E-state index contributed by atoms with van der Waals surface area (Å²) in [6.07, 6.45) is -5.40. The zero-order valence-corrected chi connectivity index (χ0v) is 14.2. The topological polar surface area (TPSA) is 49.9 Å². The maximum atomic E-state index is 12.3. The second kappa shape index (κ2) is 7.76. The van der Waals surface area contributed by atoms with Gasteiger partial charge in [-0.15, -0.1) is 0 Å². The third kappa shape index (κ3) is 4.87. The Balaban J connectivity index is 2.06. The third-order valence-corrected chi connectivity index (χ3v) is 4.04. The van der Waals surface area contributed by atoms with Crippen LogP contribution in [-0.4, -0.2) is 49.6 Å². The highest BCUT2D eigenvalue weighted by molar-refractivity contribution is 6.01. The summed E-state index contributed by atoms with van der Waals surface area (Å²) in [6.45, 7) is 1.98. The summed E-state index contributed by atoms with van der Waals surface area (Å²) in [4.78, 5) is 27.2. The molecule has 0 radical (unpaired) electrons. The normalized spacial score (nSPS) is 17.7. The lowest BCUT2D eigenvalue weighted by molar-refractivity contribution is -0.146. The Labute approximate surface area is 144 Å². The molecular formula is C17H21F3N2O3. The van der Waals surface area contributed by atoms with Crippen LogP contribution in [0.4, 0.5) is 18.9 Å². The standard InChI is InChI=1S/C17H21F3N2O3/c1-3-25-14-7-5-4-6-13(14)22-11-12(10-15(22)23)16(24)21(2)9-8-17(18,19)20/h4-7,12H,3,8-11H2,1-2H3. The van der Waals surface area contributed by atoms with E-state index in [0.717, 1.165) is 4.90 Å². The van der Waals surface area contributed by atoms with Gasteiger partial charge in [0.05, 0.1) is 24.6 Å². The minimum atomic E-state index is -4.32. The van der Waals surface area contributed by atoms with Crippen LogP contribution in [0, 0.1) is 5.92 Å². The largest absolute Gasteiger partial charge is 0.492 e. The van der Waals surface area contributed by atoms with E-state index in [1.165, 1.54) is 11.9 Å².